The van der Waals surface area contributed by atoms with Gasteiger partial charge in [-0.3, -0.25) is 4.79 Å². The lowest BCUT2D eigenvalue weighted by atomic mass is 10.1. The Kier molecular flexibility index (Phi) is 4.35. The van der Waals surface area contributed by atoms with Crippen LogP contribution in [0.2, 0.25) is 0 Å². The van der Waals surface area contributed by atoms with Crippen molar-refractivity contribution in [3.63, 3.8) is 0 Å². The molecule has 1 aliphatic rings. The number of halogens is 2. The lowest BCUT2D eigenvalue weighted by Gasteiger charge is -2.31. The molecule has 1 heterocycles. The molecule has 0 unspecified atom stereocenters. The summed E-state index contributed by atoms with van der Waals surface area (Å²) in [6, 6.07) is 4.56. The molecule has 0 bridgehead atoms. The molecule has 1 aromatic carbocycles. The summed E-state index contributed by atoms with van der Waals surface area (Å²) in [6.45, 7) is 1.22. The van der Waals surface area contributed by atoms with E-state index in [1.165, 1.54) is 6.07 Å². The Morgan fingerprint density at radius 2 is 2.11 bits per heavy atom. The molecule has 0 aliphatic carbocycles. The maximum atomic E-state index is 13.7. The molecule has 1 aromatic rings. The maximum Gasteiger partial charge on any atom is 0.257 e. The van der Waals surface area contributed by atoms with Crippen molar-refractivity contribution < 1.29 is 13.9 Å². The van der Waals surface area contributed by atoms with Crippen LogP contribution in [0.5, 0.6) is 0 Å². The van der Waals surface area contributed by atoms with Crippen molar-refractivity contribution in [2.24, 2.45) is 0 Å². The monoisotopic (exact) mass is 315 g/mol. The average molecular weight is 316 g/mol. The van der Waals surface area contributed by atoms with Crippen LogP contribution in [0.25, 0.3) is 0 Å². The molecule has 1 saturated heterocycles. The van der Waals surface area contributed by atoms with Crippen molar-refractivity contribution >= 4 is 21.8 Å². The van der Waals surface area contributed by atoms with Crippen LogP contribution in [-0.2, 0) is 4.74 Å². The number of likely N-dealkylation sites (tertiary alicyclic amines) is 1. The number of benzene rings is 1. The second kappa shape index (κ2) is 5.80. The fourth-order valence-corrected chi connectivity index (χ4v) is 2.67. The fraction of sp³-hybridized carbons (Fsp3) is 0.462. The third-order valence-corrected chi connectivity index (χ3v) is 3.90. The average Bonchev–Trinajstić information content (AvgIpc) is 2.38. The van der Waals surface area contributed by atoms with E-state index < -0.39 is 5.82 Å². The molecule has 1 fully saturated rings. The predicted octanol–water partition coefficient (Wildman–Crippen LogP) is 2.84. The Morgan fingerprint density at radius 1 is 1.44 bits per heavy atom. The number of hydrogen-bond donors (Lipinski definition) is 0. The number of nitrogens with zero attached hydrogens (tertiary/aromatic N) is 1. The van der Waals surface area contributed by atoms with Crippen LogP contribution in [0.4, 0.5) is 4.39 Å². The van der Waals surface area contributed by atoms with Gasteiger partial charge in [-0.1, -0.05) is 6.07 Å². The first-order valence-corrected chi connectivity index (χ1v) is 6.69. The quantitative estimate of drug-likeness (QED) is 0.840. The number of methoxy groups -OCH3 is 1. The van der Waals surface area contributed by atoms with E-state index in [0.29, 0.717) is 17.6 Å². The molecule has 0 aromatic heterocycles. The van der Waals surface area contributed by atoms with Gasteiger partial charge in [0, 0.05) is 24.7 Å². The smallest absolute Gasteiger partial charge is 0.257 e. The maximum absolute atomic E-state index is 13.7. The van der Waals surface area contributed by atoms with E-state index in [-0.39, 0.29) is 17.6 Å². The van der Waals surface area contributed by atoms with E-state index >= 15 is 0 Å². The molecule has 0 radical (unpaired) electrons. The standard InChI is InChI=1S/C13H15BrFNO2/c1-18-9-5-7-16(8-6-9)13(17)12-10(14)3-2-4-11(12)15/h2-4,9H,5-8H2,1H3. The van der Waals surface area contributed by atoms with Crippen LogP contribution in [0, 0.1) is 5.82 Å². The van der Waals surface area contributed by atoms with Crippen molar-refractivity contribution in [2.75, 3.05) is 20.2 Å². The molecule has 1 amide bonds. The van der Waals surface area contributed by atoms with Crippen molar-refractivity contribution in [2.45, 2.75) is 18.9 Å². The van der Waals surface area contributed by atoms with Gasteiger partial charge in [-0.2, -0.15) is 0 Å². The Hall–Kier alpha value is -0.940. The molecule has 0 atom stereocenters. The number of piperidine rings is 1. The minimum Gasteiger partial charge on any atom is -0.381 e. The highest BCUT2D eigenvalue weighted by Crippen LogP contribution is 2.23. The summed E-state index contributed by atoms with van der Waals surface area (Å²) >= 11 is 3.23. The van der Waals surface area contributed by atoms with Crippen LogP contribution >= 0.6 is 15.9 Å². The number of rotatable bonds is 2. The second-order valence-corrected chi connectivity index (χ2v) is 5.18. The van der Waals surface area contributed by atoms with Crippen molar-refractivity contribution in [1.29, 1.82) is 0 Å². The van der Waals surface area contributed by atoms with Gasteiger partial charge in [-0.25, -0.2) is 4.39 Å². The Labute approximate surface area is 114 Å². The first-order valence-electron chi connectivity index (χ1n) is 5.89. The van der Waals surface area contributed by atoms with Gasteiger partial charge in [0.15, 0.2) is 0 Å². The van der Waals surface area contributed by atoms with Gasteiger partial charge in [-0.15, -0.1) is 0 Å². The summed E-state index contributed by atoms with van der Waals surface area (Å²) in [6.07, 6.45) is 1.81. The summed E-state index contributed by atoms with van der Waals surface area (Å²) in [7, 11) is 1.68. The number of carbonyl (C=O) groups excluding carboxylic acids is 1. The van der Waals surface area contributed by atoms with Crippen LogP contribution in [0.1, 0.15) is 23.2 Å². The second-order valence-electron chi connectivity index (χ2n) is 4.32. The van der Waals surface area contributed by atoms with Gasteiger partial charge in [-0.05, 0) is 40.9 Å². The van der Waals surface area contributed by atoms with E-state index in [4.69, 9.17) is 4.74 Å². The Bertz CT molecular complexity index is 424. The van der Waals surface area contributed by atoms with E-state index in [9.17, 15) is 9.18 Å². The number of carbonyl (C=O) groups is 1. The zero-order valence-corrected chi connectivity index (χ0v) is 11.7. The van der Waals surface area contributed by atoms with Gasteiger partial charge in [0.25, 0.3) is 5.91 Å². The minimum absolute atomic E-state index is 0.119. The summed E-state index contributed by atoms with van der Waals surface area (Å²) in [5.41, 5.74) is 0.119. The van der Waals surface area contributed by atoms with Crippen LogP contribution in [-0.4, -0.2) is 37.1 Å². The van der Waals surface area contributed by atoms with E-state index in [1.54, 1.807) is 24.1 Å². The molecular formula is C13H15BrFNO2. The number of ether oxygens (including phenoxy) is 1. The third kappa shape index (κ3) is 2.72. The molecule has 5 heteroatoms. The Balaban J connectivity index is 2.13. The Morgan fingerprint density at radius 3 is 2.67 bits per heavy atom. The first-order chi connectivity index (χ1) is 8.63. The number of amides is 1. The number of hydrogen-bond acceptors (Lipinski definition) is 2. The lowest BCUT2D eigenvalue weighted by molar-refractivity contribution is 0.0348. The normalized spacial score (nSPS) is 16.9. The summed E-state index contributed by atoms with van der Waals surface area (Å²) in [4.78, 5) is 13.9. The van der Waals surface area contributed by atoms with Gasteiger partial charge in [0.1, 0.15) is 5.82 Å². The highest BCUT2D eigenvalue weighted by Gasteiger charge is 2.26. The first kappa shape index (κ1) is 13.5. The van der Waals surface area contributed by atoms with Gasteiger partial charge >= 0.3 is 0 Å². The van der Waals surface area contributed by atoms with Crippen molar-refractivity contribution in [1.82, 2.24) is 4.90 Å². The van der Waals surface area contributed by atoms with E-state index in [2.05, 4.69) is 15.9 Å². The molecular weight excluding hydrogens is 301 g/mol. The topological polar surface area (TPSA) is 29.5 Å². The fourth-order valence-electron chi connectivity index (χ4n) is 2.15. The van der Waals surface area contributed by atoms with Gasteiger partial charge in [0.2, 0.25) is 0 Å². The molecule has 2 rings (SSSR count). The van der Waals surface area contributed by atoms with Crippen molar-refractivity contribution in [3.05, 3.63) is 34.1 Å². The molecule has 18 heavy (non-hydrogen) atoms. The highest BCUT2D eigenvalue weighted by atomic mass is 79.9. The zero-order valence-electron chi connectivity index (χ0n) is 10.2. The van der Waals surface area contributed by atoms with Gasteiger partial charge < -0.3 is 9.64 Å². The van der Waals surface area contributed by atoms with Crippen molar-refractivity contribution in [3.8, 4) is 0 Å². The largest absolute Gasteiger partial charge is 0.381 e. The van der Waals surface area contributed by atoms with Crippen LogP contribution in [0.15, 0.2) is 22.7 Å². The van der Waals surface area contributed by atoms with Crippen LogP contribution in [0.3, 0.4) is 0 Å². The zero-order chi connectivity index (χ0) is 13.1. The summed E-state index contributed by atoms with van der Waals surface area (Å²) in [5, 5.41) is 0. The van der Waals surface area contributed by atoms with E-state index in [1.807, 2.05) is 0 Å². The molecule has 0 spiro atoms. The highest BCUT2D eigenvalue weighted by molar-refractivity contribution is 9.10. The predicted molar refractivity (Wildman–Crippen MR) is 70.0 cm³/mol. The molecule has 0 N–H and O–H groups in total. The van der Waals surface area contributed by atoms with E-state index in [0.717, 1.165) is 12.8 Å². The molecule has 98 valence electrons. The summed E-state index contributed by atoms with van der Waals surface area (Å²) in [5.74, 6) is -0.738. The molecule has 0 saturated carbocycles. The minimum atomic E-state index is -0.483. The SMILES string of the molecule is COC1CCN(C(=O)c2c(F)cccc2Br)CC1. The molecule has 3 nitrogen and oxygen atoms in total. The lowest BCUT2D eigenvalue weighted by Crippen LogP contribution is -2.41. The van der Waals surface area contributed by atoms with Gasteiger partial charge in [0.05, 0.1) is 11.7 Å². The molecule has 1 aliphatic heterocycles. The summed E-state index contributed by atoms with van der Waals surface area (Å²) < 4.78 is 19.4. The van der Waals surface area contributed by atoms with Crippen LogP contribution < -0.4 is 0 Å². The third-order valence-electron chi connectivity index (χ3n) is 3.24.